The van der Waals surface area contributed by atoms with E-state index in [-0.39, 0.29) is 5.78 Å². The standard InChI is InChI=1S/C15H13NO3/c1-9-12(18-2)5-6-13-14(9)15(17)10-4-3-7-16-11(10)8-19-13/h3-7H,8H2,1-2H3. The Balaban J connectivity index is 2.24. The Morgan fingerprint density at radius 3 is 2.95 bits per heavy atom. The number of rotatable bonds is 1. The Bertz CT molecular complexity index is 664. The molecule has 1 aromatic carbocycles. The Kier molecular flexibility index (Phi) is 2.71. The van der Waals surface area contributed by atoms with Gasteiger partial charge in [-0.2, -0.15) is 0 Å². The maximum atomic E-state index is 12.6. The molecular formula is C15H13NO3. The lowest BCUT2D eigenvalue weighted by Crippen LogP contribution is -2.06. The summed E-state index contributed by atoms with van der Waals surface area (Å²) in [6.07, 6.45) is 1.67. The average Bonchev–Trinajstić information content (AvgIpc) is 2.58. The fraction of sp³-hybridized carbons (Fsp3) is 0.200. The van der Waals surface area contributed by atoms with Crippen molar-refractivity contribution in [3.63, 3.8) is 0 Å². The lowest BCUT2D eigenvalue weighted by molar-refractivity contribution is 0.103. The second-order valence-corrected chi connectivity index (χ2v) is 4.38. The van der Waals surface area contributed by atoms with Crippen molar-refractivity contribution in [3.8, 4) is 11.5 Å². The first-order valence-corrected chi connectivity index (χ1v) is 6.01. The van der Waals surface area contributed by atoms with Crippen LogP contribution in [0.3, 0.4) is 0 Å². The molecular weight excluding hydrogens is 242 g/mol. The van der Waals surface area contributed by atoms with Gasteiger partial charge in [-0.25, -0.2) is 0 Å². The summed E-state index contributed by atoms with van der Waals surface area (Å²) in [5.41, 5.74) is 2.62. The van der Waals surface area contributed by atoms with Crippen molar-refractivity contribution >= 4 is 5.78 Å². The topological polar surface area (TPSA) is 48.4 Å². The van der Waals surface area contributed by atoms with Crippen molar-refractivity contribution in [2.24, 2.45) is 0 Å². The maximum absolute atomic E-state index is 12.6. The molecule has 0 amide bonds. The number of ether oxygens (including phenoxy) is 2. The van der Waals surface area contributed by atoms with Gasteiger partial charge in [0.05, 0.1) is 18.4 Å². The van der Waals surface area contributed by atoms with E-state index in [4.69, 9.17) is 9.47 Å². The van der Waals surface area contributed by atoms with Crippen LogP contribution >= 0.6 is 0 Å². The predicted octanol–water partition coefficient (Wildman–Crippen LogP) is 2.52. The van der Waals surface area contributed by atoms with Crippen LogP contribution in [0.2, 0.25) is 0 Å². The minimum absolute atomic E-state index is 0.0630. The molecule has 0 unspecified atom stereocenters. The van der Waals surface area contributed by atoms with Gasteiger partial charge in [0.1, 0.15) is 18.1 Å². The molecule has 0 N–H and O–H groups in total. The minimum Gasteiger partial charge on any atom is -0.496 e. The second-order valence-electron chi connectivity index (χ2n) is 4.38. The molecule has 4 nitrogen and oxygen atoms in total. The van der Waals surface area contributed by atoms with Crippen LogP contribution in [0.4, 0.5) is 0 Å². The normalized spacial score (nSPS) is 13.1. The third-order valence-electron chi connectivity index (χ3n) is 3.32. The van der Waals surface area contributed by atoms with E-state index in [1.54, 1.807) is 31.5 Å². The van der Waals surface area contributed by atoms with E-state index in [2.05, 4.69) is 4.98 Å². The summed E-state index contributed by atoms with van der Waals surface area (Å²) < 4.78 is 11.0. The van der Waals surface area contributed by atoms with E-state index in [9.17, 15) is 4.79 Å². The van der Waals surface area contributed by atoms with Gasteiger partial charge in [-0.1, -0.05) is 0 Å². The van der Waals surface area contributed by atoms with Gasteiger partial charge in [0.15, 0.2) is 5.78 Å². The van der Waals surface area contributed by atoms with Crippen LogP contribution in [0.25, 0.3) is 0 Å². The number of aromatic nitrogens is 1. The summed E-state index contributed by atoms with van der Waals surface area (Å²) in [7, 11) is 1.59. The van der Waals surface area contributed by atoms with Crippen LogP contribution in [-0.2, 0) is 6.61 Å². The van der Waals surface area contributed by atoms with Crippen LogP contribution in [-0.4, -0.2) is 17.9 Å². The summed E-state index contributed by atoms with van der Waals surface area (Å²) in [4.78, 5) is 16.8. The molecule has 2 heterocycles. The summed E-state index contributed by atoms with van der Waals surface area (Å²) in [6.45, 7) is 2.17. The van der Waals surface area contributed by atoms with Crippen molar-refractivity contribution in [3.05, 3.63) is 52.8 Å². The Morgan fingerprint density at radius 2 is 2.16 bits per heavy atom. The van der Waals surface area contributed by atoms with Gasteiger partial charge in [0, 0.05) is 17.3 Å². The second kappa shape index (κ2) is 4.39. The molecule has 0 aliphatic carbocycles. The lowest BCUT2D eigenvalue weighted by Gasteiger charge is -2.12. The Hall–Kier alpha value is -2.36. The highest BCUT2D eigenvalue weighted by Crippen LogP contribution is 2.34. The maximum Gasteiger partial charge on any atom is 0.199 e. The molecule has 0 radical (unpaired) electrons. The number of nitrogens with zero attached hydrogens (tertiary/aromatic N) is 1. The van der Waals surface area contributed by atoms with Crippen molar-refractivity contribution in [1.29, 1.82) is 0 Å². The molecule has 0 saturated heterocycles. The van der Waals surface area contributed by atoms with Gasteiger partial charge in [-0.3, -0.25) is 9.78 Å². The monoisotopic (exact) mass is 255 g/mol. The smallest absolute Gasteiger partial charge is 0.199 e. The first kappa shape index (κ1) is 11.7. The molecule has 0 atom stereocenters. The van der Waals surface area contributed by atoms with Gasteiger partial charge in [-0.05, 0) is 31.2 Å². The van der Waals surface area contributed by atoms with Gasteiger partial charge < -0.3 is 9.47 Å². The number of ketones is 1. The molecule has 0 bridgehead atoms. The average molecular weight is 255 g/mol. The fourth-order valence-corrected chi connectivity index (χ4v) is 2.33. The van der Waals surface area contributed by atoms with Crippen molar-refractivity contribution in [2.45, 2.75) is 13.5 Å². The summed E-state index contributed by atoms with van der Waals surface area (Å²) in [6, 6.07) is 7.12. The molecule has 0 spiro atoms. The Morgan fingerprint density at radius 1 is 1.32 bits per heavy atom. The minimum atomic E-state index is -0.0630. The zero-order valence-corrected chi connectivity index (χ0v) is 10.8. The molecule has 96 valence electrons. The number of pyridine rings is 1. The molecule has 0 fully saturated rings. The van der Waals surface area contributed by atoms with E-state index in [1.165, 1.54) is 0 Å². The highest BCUT2D eigenvalue weighted by Gasteiger charge is 2.25. The van der Waals surface area contributed by atoms with Crippen molar-refractivity contribution < 1.29 is 14.3 Å². The van der Waals surface area contributed by atoms with Gasteiger partial charge in [0.25, 0.3) is 0 Å². The van der Waals surface area contributed by atoms with Crippen LogP contribution in [0.1, 0.15) is 27.2 Å². The number of benzene rings is 1. The zero-order valence-electron chi connectivity index (χ0n) is 10.8. The van der Waals surface area contributed by atoms with E-state index >= 15 is 0 Å². The van der Waals surface area contributed by atoms with E-state index in [0.29, 0.717) is 34.9 Å². The van der Waals surface area contributed by atoms with E-state index in [1.807, 2.05) is 13.0 Å². The van der Waals surface area contributed by atoms with E-state index < -0.39 is 0 Å². The molecule has 1 aromatic heterocycles. The lowest BCUT2D eigenvalue weighted by atomic mass is 9.97. The number of hydrogen-bond acceptors (Lipinski definition) is 4. The number of fused-ring (bicyclic) bond motifs is 2. The van der Waals surface area contributed by atoms with Crippen molar-refractivity contribution in [2.75, 3.05) is 7.11 Å². The Labute approximate surface area is 111 Å². The fourth-order valence-electron chi connectivity index (χ4n) is 2.33. The summed E-state index contributed by atoms with van der Waals surface area (Å²) in [5.74, 6) is 1.20. The van der Waals surface area contributed by atoms with Crippen LogP contribution in [0, 0.1) is 6.92 Å². The molecule has 2 aromatic rings. The van der Waals surface area contributed by atoms with Crippen LogP contribution in [0.15, 0.2) is 30.5 Å². The molecule has 1 aliphatic heterocycles. The molecule has 0 saturated carbocycles. The molecule has 19 heavy (non-hydrogen) atoms. The van der Waals surface area contributed by atoms with Crippen LogP contribution < -0.4 is 9.47 Å². The zero-order chi connectivity index (χ0) is 13.4. The third kappa shape index (κ3) is 1.76. The first-order valence-electron chi connectivity index (χ1n) is 6.01. The van der Waals surface area contributed by atoms with Gasteiger partial charge >= 0.3 is 0 Å². The van der Waals surface area contributed by atoms with Gasteiger partial charge in [0.2, 0.25) is 0 Å². The third-order valence-corrected chi connectivity index (χ3v) is 3.32. The van der Waals surface area contributed by atoms with Gasteiger partial charge in [-0.15, -0.1) is 0 Å². The number of carbonyl (C=O) groups is 1. The molecule has 3 rings (SSSR count). The summed E-state index contributed by atoms with van der Waals surface area (Å²) in [5, 5.41) is 0. The quantitative estimate of drug-likeness (QED) is 0.785. The first-order chi connectivity index (χ1) is 9.22. The SMILES string of the molecule is COc1ccc2c(c1C)C(=O)c1cccnc1CO2. The summed E-state index contributed by atoms with van der Waals surface area (Å²) >= 11 is 0. The predicted molar refractivity (Wildman–Crippen MR) is 69.7 cm³/mol. The number of carbonyl (C=O) groups excluding carboxylic acids is 1. The van der Waals surface area contributed by atoms with Crippen LogP contribution in [0.5, 0.6) is 11.5 Å². The molecule has 1 aliphatic rings. The van der Waals surface area contributed by atoms with Crippen molar-refractivity contribution in [1.82, 2.24) is 4.98 Å². The molecule has 4 heteroatoms. The number of methoxy groups -OCH3 is 1. The number of hydrogen-bond donors (Lipinski definition) is 0. The highest BCUT2D eigenvalue weighted by molar-refractivity contribution is 6.13. The highest BCUT2D eigenvalue weighted by atomic mass is 16.5. The largest absolute Gasteiger partial charge is 0.496 e. The van der Waals surface area contributed by atoms with E-state index in [0.717, 1.165) is 5.56 Å².